The molecule has 27 heavy (non-hydrogen) atoms. The summed E-state index contributed by atoms with van der Waals surface area (Å²) in [6.07, 6.45) is 3.14. The summed E-state index contributed by atoms with van der Waals surface area (Å²) < 4.78 is 10.8. The molecule has 7 heteroatoms. The third-order valence-corrected chi connectivity index (χ3v) is 4.23. The van der Waals surface area contributed by atoms with Crippen molar-refractivity contribution in [2.24, 2.45) is 5.73 Å². The van der Waals surface area contributed by atoms with E-state index in [0.29, 0.717) is 35.5 Å². The molecule has 3 aromatic rings. The molecule has 0 spiro atoms. The zero-order valence-corrected chi connectivity index (χ0v) is 15.2. The van der Waals surface area contributed by atoms with Crippen molar-refractivity contribution in [1.82, 2.24) is 4.98 Å². The Hall–Kier alpha value is -3.19. The van der Waals surface area contributed by atoms with Crippen LogP contribution in [-0.4, -0.2) is 18.0 Å². The predicted octanol–water partition coefficient (Wildman–Crippen LogP) is 2.86. The van der Waals surface area contributed by atoms with Crippen LogP contribution in [-0.2, 0) is 13.0 Å². The molecule has 0 saturated carbocycles. The highest BCUT2D eigenvalue weighted by atomic mass is 16.5. The molecule has 1 aromatic carbocycles. The van der Waals surface area contributed by atoms with E-state index in [-0.39, 0.29) is 5.56 Å². The third kappa shape index (κ3) is 3.83. The molecule has 0 unspecified atom stereocenters. The summed E-state index contributed by atoms with van der Waals surface area (Å²) in [6.45, 7) is 2.39. The number of aromatic nitrogens is 1. The van der Waals surface area contributed by atoms with Crippen molar-refractivity contribution in [2.75, 3.05) is 12.4 Å². The fourth-order valence-corrected chi connectivity index (χ4v) is 2.86. The number of rotatable bonds is 6. The van der Waals surface area contributed by atoms with Crippen molar-refractivity contribution in [2.45, 2.75) is 26.3 Å². The number of ether oxygens (including phenoxy) is 1. The van der Waals surface area contributed by atoms with Gasteiger partial charge < -0.3 is 20.2 Å². The second kappa shape index (κ2) is 8.01. The lowest BCUT2D eigenvalue weighted by Gasteiger charge is -2.11. The number of methoxy groups -OCH3 is 1. The van der Waals surface area contributed by atoms with E-state index in [9.17, 15) is 9.59 Å². The Balaban J connectivity index is 1.98. The van der Waals surface area contributed by atoms with E-state index < -0.39 is 11.5 Å². The average molecular weight is 367 g/mol. The number of carbonyl (C=O) groups excluding carboxylic acids is 1. The number of pyridine rings is 1. The highest BCUT2D eigenvalue weighted by molar-refractivity contribution is 6.05. The van der Waals surface area contributed by atoms with Crippen LogP contribution in [0, 0.1) is 0 Å². The SMILES string of the molecule is CCCc1c(OC)ccc2cc(C(=O)Nc3ccc(CN)cn3)c(=O)oc12. The molecule has 0 fully saturated rings. The molecule has 0 atom stereocenters. The van der Waals surface area contributed by atoms with Gasteiger partial charge in [0.2, 0.25) is 0 Å². The number of hydrogen-bond acceptors (Lipinski definition) is 6. The summed E-state index contributed by atoms with van der Waals surface area (Å²) in [6, 6.07) is 8.49. The lowest BCUT2D eigenvalue weighted by Crippen LogP contribution is -2.21. The Kier molecular flexibility index (Phi) is 5.52. The molecule has 0 aliphatic heterocycles. The molecule has 0 aliphatic carbocycles. The van der Waals surface area contributed by atoms with Crippen LogP contribution in [0.4, 0.5) is 5.82 Å². The number of carbonyl (C=O) groups is 1. The first kappa shape index (κ1) is 18.6. The first-order valence-electron chi connectivity index (χ1n) is 8.67. The van der Waals surface area contributed by atoms with Gasteiger partial charge >= 0.3 is 5.63 Å². The summed E-state index contributed by atoms with van der Waals surface area (Å²) in [7, 11) is 1.57. The Morgan fingerprint density at radius 2 is 2.11 bits per heavy atom. The van der Waals surface area contributed by atoms with Gasteiger partial charge in [-0.25, -0.2) is 9.78 Å². The lowest BCUT2D eigenvalue weighted by molar-refractivity contribution is 0.102. The average Bonchev–Trinajstić information content (AvgIpc) is 2.68. The van der Waals surface area contributed by atoms with Gasteiger partial charge in [-0.05, 0) is 36.2 Å². The van der Waals surface area contributed by atoms with Gasteiger partial charge in [0.1, 0.15) is 22.7 Å². The summed E-state index contributed by atoms with van der Waals surface area (Å²) in [5.74, 6) is 0.415. The predicted molar refractivity (Wildman–Crippen MR) is 103 cm³/mol. The van der Waals surface area contributed by atoms with Gasteiger partial charge in [-0.2, -0.15) is 0 Å². The van der Waals surface area contributed by atoms with Crippen LogP contribution in [0.2, 0.25) is 0 Å². The maximum absolute atomic E-state index is 12.5. The topological polar surface area (TPSA) is 107 Å². The van der Waals surface area contributed by atoms with Crippen LogP contribution in [0.5, 0.6) is 5.75 Å². The van der Waals surface area contributed by atoms with Crippen molar-refractivity contribution in [1.29, 1.82) is 0 Å². The fourth-order valence-electron chi connectivity index (χ4n) is 2.86. The molecule has 0 radical (unpaired) electrons. The van der Waals surface area contributed by atoms with Crippen LogP contribution in [0.15, 0.2) is 45.7 Å². The zero-order valence-electron chi connectivity index (χ0n) is 15.2. The van der Waals surface area contributed by atoms with E-state index in [4.69, 9.17) is 14.9 Å². The van der Waals surface area contributed by atoms with Crippen molar-refractivity contribution >= 4 is 22.7 Å². The van der Waals surface area contributed by atoms with E-state index in [1.54, 1.807) is 31.5 Å². The number of nitrogens with two attached hydrogens (primary N) is 1. The van der Waals surface area contributed by atoms with Crippen molar-refractivity contribution in [3.8, 4) is 5.75 Å². The second-order valence-corrected chi connectivity index (χ2v) is 6.07. The Morgan fingerprint density at radius 1 is 1.30 bits per heavy atom. The second-order valence-electron chi connectivity index (χ2n) is 6.07. The smallest absolute Gasteiger partial charge is 0.349 e. The first-order chi connectivity index (χ1) is 13.1. The summed E-state index contributed by atoms with van der Waals surface area (Å²) >= 11 is 0. The summed E-state index contributed by atoms with van der Waals surface area (Å²) in [5.41, 5.74) is 6.85. The Bertz CT molecular complexity index is 1030. The fraction of sp³-hybridized carbons (Fsp3) is 0.250. The zero-order chi connectivity index (χ0) is 19.4. The Morgan fingerprint density at radius 3 is 2.74 bits per heavy atom. The number of amides is 1. The number of aryl methyl sites for hydroxylation is 1. The van der Waals surface area contributed by atoms with E-state index in [1.807, 2.05) is 13.0 Å². The number of nitrogens with zero attached hydrogens (tertiary/aromatic N) is 1. The molecule has 3 N–H and O–H groups in total. The minimum Gasteiger partial charge on any atom is -0.496 e. The van der Waals surface area contributed by atoms with E-state index in [2.05, 4.69) is 10.3 Å². The highest BCUT2D eigenvalue weighted by Crippen LogP contribution is 2.29. The number of nitrogens with one attached hydrogen (secondary N) is 1. The Labute approximate surface area is 156 Å². The van der Waals surface area contributed by atoms with Crippen LogP contribution < -0.4 is 21.4 Å². The van der Waals surface area contributed by atoms with Gasteiger partial charge in [0.15, 0.2) is 0 Å². The van der Waals surface area contributed by atoms with Crippen LogP contribution >= 0.6 is 0 Å². The number of anilines is 1. The molecular weight excluding hydrogens is 346 g/mol. The van der Waals surface area contributed by atoms with Gasteiger partial charge in [-0.1, -0.05) is 19.4 Å². The minimum atomic E-state index is -0.704. The van der Waals surface area contributed by atoms with Gasteiger partial charge in [0.05, 0.1) is 7.11 Å². The monoisotopic (exact) mass is 367 g/mol. The normalized spacial score (nSPS) is 10.8. The third-order valence-electron chi connectivity index (χ3n) is 4.23. The molecule has 2 aromatic heterocycles. The van der Waals surface area contributed by atoms with Gasteiger partial charge in [-0.3, -0.25) is 4.79 Å². The van der Waals surface area contributed by atoms with Crippen molar-refractivity contribution in [3.05, 3.63) is 63.6 Å². The quantitative estimate of drug-likeness (QED) is 0.649. The largest absolute Gasteiger partial charge is 0.496 e. The van der Waals surface area contributed by atoms with Crippen molar-refractivity contribution < 1.29 is 13.9 Å². The molecule has 3 rings (SSSR count). The molecular formula is C20H21N3O4. The number of benzene rings is 1. The van der Waals surface area contributed by atoms with Crippen LogP contribution in [0.25, 0.3) is 11.0 Å². The molecule has 2 heterocycles. The minimum absolute atomic E-state index is 0.0835. The maximum atomic E-state index is 12.5. The van der Waals surface area contributed by atoms with Gasteiger partial charge in [-0.15, -0.1) is 0 Å². The van der Waals surface area contributed by atoms with Crippen molar-refractivity contribution in [3.63, 3.8) is 0 Å². The molecule has 7 nitrogen and oxygen atoms in total. The number of hydrogen-bond donors (Lipinski definition) is 2. The summed E-state index contributed by atoms with van der Waals surface area (Å²) in [4.78, 5) is 29.0. The summed E-state index contributed by atoms with van der Waals surface area (Å²) in [5, 5.41) is 3.26. The maximum Gasteiger partial charge on any atom is 0.349 e. The van der Waals surface area contributed by atoms with E-state index in [0.717, 1.165) is 17.5 Å². The standard InChI is InChI=1S/C20H21N3O4/c1-3-4-14-16(26-2)7-6-13-9-15(20(25)27-18(13)14)19(24)23-17-8-5-12(10-21)11-22-17/h5-9,11H,3-4,10,21H2,1-2H3,(H,22,23,24). The lowest BCUT2D eigenvalue weighted by atomic mass is 10.0. The van der Waals surface area contributed by atoms with Crippen LogP contribution in [0.1, 0.15) is 34.8 Å². The number of fused-ring (bicyclic) bond motifs is 1. The highest BCUT2D eigenvalue weighted by Gasteiger charge is 2.17. The molecule has 0 bridgehead atoms. The first-order valence-corrected chi connectivity index (χ1v) is 8.67. The van der Waals surface area contributed by atoms with E-state index in [1.165, 1.54) is 6.07 Å². The molecule has 0 saturated heterocycles. The van der Waals surface area contributed by atoms with Gasteiger partial charge in [0, 0.05) is 23.7 Å². The van der Waals surface area contributed by atoms with Crippen LogP contribution in [0.3, 0.4) is 0 Å². The molecule has 1 amide bonds. The van der Waals surface area contributed by atoms with E-state index >= 15 is 0 Å². The molecule has 140 valence electrons. The molecule has 0 aliphatic rings. The van der Waals surface area contributed by atoms with Gasteiger partial charge in [0.25, 0.3) is 5.91 Å².